The summed E-state index contributed by atoms with van der Waals surface area (Å²) < 4.78 is 30.0. The van der Waals surface area contributed by atoms with Gasteiger partial charge in [-0.1, -0.05) is 37.0 Å². The van der Waals surface area contributed by atoms with Crippen LogP contribution in [0.25, 0.3) is 0 Å². The number of hydrogen-bond donors (Lipinski definition) is 0. The van der Waals surface area contributed by atoms with Gasteiger partial charge in [0.1, 0.15) is 0 Å². The van der Waals surface area contributed by atoms with Crippen LogP contribution in [0.15, 0.2) is 18.2 Å². The number of Topliss-reactive ketones (excluding diaryl/α,β-unsaturated/α-hetero) is 1. The van der Waals surface area contributed by atoms with Crippen LogP contribution in [0.2, 0.25) is 10.0 Å². The number of carbonyl (C=O) groups excluding carboxylic acids is 1. The van der Waals surface area contributed by atoms with Gasteiger partial charge in [0.25, 0.3) is 0 Å². The van der Waals surface area contributed by atoms with Crippen molar-refractivity contribution in [2.24, 2.45) is 5.41 Å². The summed E-state index contributed by atoms with van der Waals surface area (Å²) in [5.74, 6) is -0.143. The Bertz CT molecular complexity index is 704. The lowest BCUT2D eigenvalue weighted by Crippen LogP contribution is -2.43. The van der Waals surface area contributed by atoms with Gasteiger partial charge in [-0.25, -0.2) is 12.7 Å². The number of ketones is 1. The minimum absolute atomic E-state index is 0.110. The fourth-order valence-corrected chi connectivity index (χ4v) is 3.29. The maximum atomic E-state index is 12.5. The van der Waals surface area contributed by atoms with E-state index in [4.69, 9.17) is 27.9 Å². The van der Waals surface area contributed by atoms with Gasteiger partial charge < -0.3 is 4.74 Å². The molecule has 0 amide bonds. The first-order chi connectivity index (χ1) is 10.9. The molecule has 1 aromatic carbocycles. The van der Waals surface area contributed by atoms with E-state index in [1.165, 1.54) is 24.5 Å². The standard InChI is InChI=1S/C16H23Cl2NO4S/c1-16(2,10-19(3)24(5,21)22)15(23-4)9-14(20)11-6-7-12(17)13(18)8-11/h6-8,15H,9-10H2,1-5H3. The van der Waals surface area contributed by atoms with Crippen LogP contribution in [0.5, 0.6) is 0 Å². The Morgan fingerprint density at radius 1 is 1.29 bits per heavy atom. The molecule has 0 N–H and O–H groups in total. The Labute approximate surface area is 153 Å². The molecule has 0 aliphatic carbocycles. The molecule has 0 aliphatic heterocycles. The summed E-state index contributed by atoms with van der Waals surface area (Å²) in [5.41, 5.74) is -0.114. The highest BCUT2D eigenvalue weighted by atomic mass is 35.5. The normalized spacial score (nSPS) is 14.0. The smallest absolute Gasteiger partial charge is 0.210 e. The molecule has 1 aromatic rings. The van der Waals surface area contributed by atoms with Gasteiger partial charge in [-0.05, 0) is 18.2 Å². The predicted octanol–water partition coefficient (Wildman–Crippen LogP) is 3.50. The first kappa shape index (κ1) is 21.4. The molecule has 24 heavy (non-hydrogen) atoms. The molecule has 1 unspecified atom stereocenters. The van der Waals surface area contributed by atoms with Crippen molar-refractivity contribution in [2.45, 2.75) is 26.4 Å². The third-order valence-electron chi connectivity index (χ3n) is 3.96. The maximum absolute atomic E-state index is 12.5. The second-order valence-electron chi connectivity index (χ2n) is 6.49. The number of benzene rings is 1. The molecular weight excluding hydrogens is 373 g/mol. The molecule has 0 radical (unpaired) electrons. The number of ether oxygens (including phenoxy) is 1. The van der Waals surface area contributed by atoms with E-state index in [1.807, 2.05) is 13.8 Å². The van der Waals surface area contributed by atoms with Crippen LogP contribution in [0.1, 0.15) is 30.6 Å². The molecule has 1 atom stereocenters. The van der Waals surface area contributed by atoms with Gasteiger partial charge >= 0.3 is 0 Å². The van der Waals surface area contributed by atoms with Gasteiger partial charge in [-0.15, -0.1) is 0 Å². The fraction of sp³-hybridized carbons (Fsp3) is 0.562. The monoisotopic (exact) mass is 395 g/mol. The zero-order valence-electron chi connectivity index (χ0n) is 14.5. The number of nitrogens with zero attached hydrogens (tertiary/aromatic N) is 1. The Morgan fingerprint density at radius 2 is 1.88 bits per heavy atom. The van der Waals surface area contributed by atoms with Gasteiger partial charge in [-0.3, -0.25) is 4.79 Å². The van der Waals surface area contributed by atoms with Gasteiger partial charge in [0.15, 0.2) is 5.78 Å². The molecule has 0 fully saturated rings. The topological polar surface area (TPSA) is 63.7 Å². The Balaban J connectivity index is 2.92. The van der Waals surface area contributed by atoms with E-state index < -0.39 is 21.5 Å². The quantitative estimate of drug-likeness (QED) is 0.631. The van der Waals surface area contributed by atoms with Crippen molar-refractivity contribution in [1.82, 2.24) is 4.31 Å². The van der Waals surface area contributed by atoms with Crippen LogP contribution in [0, 0.1) is 5.41 Å². The van der Waals surface area contributed by atoms with E-state index in [2.05, 4.69) is 0 Å². The summed E-state index contributed by atoms with van der Waals surface area (Å²) in [5, 5.41) is 0.694. The summed E-state index contributed by atoms with van der Waals surface area (Å²) in [6, 6.07) is 4.70. The second-order valence-corrected chi connectivity index (χ2v) is 9.39. The van der Waals surface area contributed by atoms with Gasteiger partial charge in [0, 0.05) is 38.1 Å². The molecule has 8 heteroatoms. The van der Waals surface area contributed by atoms with Gasteiger partial charge in [0.05, 0.1) is 22.4 Å². The van der Waals surface area contributed by atoms with Crippen LogP contribution in [-0.2, 0) is 14.8 Å². The highest BCUT2D eigenvalue weighted by Crippen LogP contribution is 2.29. The SMILES string of the molecule is COC(CC(=O)c1ccc(Cl)c(Cl)c1)C(C)(C)CN(C)S(C)(=O)=O. The number of methoxy groups -OCH3 is 1. The van der Waals surface area contributed by atoms with Crippen LogP contribution in [-0.4, -0.2) is 51.6 Å². The highest BCUT2D eigenvalue weighted by molar-refractivity contribution is 7.88. The summed E-state index contributed by atoms with van der Waals surface area (Å²) in [4.78, 5) is 12.5. The Morgan fingerprint density at radius 3 is 2.33 bits per heavy atom. The lowest BCUT2D eigenvalue weighted by Gasteiger charge is -2.35. The average Bonchev–Trinajstić information content (AvgIpc) is 2.45. The minimum Gasteiger partial charge on any atom is -0.380 e. The van der Waals surface area contributed by atoms with Crippen molar-refractivity contribution in [3.63, 3.8) is 0 Å². The van der Waals surface area contributed by atoms with E-state index in [1.54, 1.807) is 12.1 Å². The molecule has 5 nitrogen and oxygen atoms in total. The molecular formula is C16H23Cl2NO4S. The van der Waals surface area contributed by atoms with E-state index in [-0.39, 0.29) is 18.7 Å². The largest absolute Gasteiger partial charge is 0.380 e. The third-order valence-corrected chi connectivity index (χ3v) is 5.97. The lowest BCUT2D eigenvalue weighted by atomic mass is 9.83. The van der Waals surface area contributed by atoms with Crippen LogP contribution >= 0.6 is 23.2 Å². The van der Waals surface area contributed by atoms with E-state index in [0.29, 0.717) is 15.6 Å². The maximum Gasteiger partial charge on any atom is 0.210 e. The lowest BCUT2D eigenvalue weighted by molar-refractivity contribution is -0.00241. The van der Waals surface area contributed by atoms with Crippen molar-refractivity contribution in [1.29, 1.82) is 0 Å². The molecule has 1 rings (SSSR count). The molecule has 0 bridgehead atoms. The first-order valence-corrected chi connectivity index (χ1v) is 9.91. The highest BCUT2D eigenvalue weighted by Gasteiger charge is 2.34. The Hall–Kier alpha value is -0.660. The summed E-state index contributed by atoms with van der Waals surface area (Å²) >= 11 is 11.8. The number of rotatable bonds is 8. The number of carbonyl (C=O) groups is 1. The van der Waals surface area contributed by atoms with Crippen molar-refractivity contribution >= 4 is 39.0 Å². The summed E-state index contributed by atoms with van der Waals surface area (Å²) in [6.45, 7) is 3.97. The molecule has 0 aliphatic rings. The van der Waals surface area contributed by atoms with Gasteiger partial charge in [0.2, 0.25) is 10.0 Å². The molecule has 0 spiro atoms. The predicted molar refractivity (Wildman–Crippen MR) is 97.5 cm³/mol. The van der Waals surface area contributed by atoms with E-state index in [0.717, 1.165) is 6.26 Å². The van der Waals surface area contributed by atoms with E-state index >= 15 is 0 Å². The number of halogens is 2. The van der Waals surface area contributed by atoms with Crippen LogP contribution in [0.4, 0.5) is 0 Å². The van der Waals surface area contributed by atoms with Gasteiger partial charge in [-0.2, -0.15) is 0 Å². The summed E-state index contributed by atoms with van der Waals surface area (Å²) in [6.07, 6.45) is 0.800. The number of hydrogen-bond acceptors (Lipinski definition) is 4. The van der Waals surface area contributed by atoms with Crippen molar-refractivity contribution in [3.8, 4) is 0 Å². The molecule has 0 aromatic heterocycles. The van der Waals surface area contributed by atoms with Crippen LogP contribution < -0.4 is 0 Å². The third kappa shape index (κ3) is 5.70. The number of sulfonamides is 1. The minimum atomic E-state index is -3.31. The zero-order valence-corrected chi connectivity index (χ0v) is 16.8. The first-order valence-electron chi connectivity index (χ1n) is 7.31. The van der Waals surface area contributed by atoms with Crippen molar-refractivity contribution in [2.75, 3.05) is 27.0 Å². The van der Waals surface area contributed by atoms with Crippen molar-refractivity contribution in [3.05, 3.63) is 33.8 Å². The molecule has 0 saturated heterocycles. The van der Waals surface area contributed by atoms with E-state index in [9.17, 15) is 13.2 Å². The summed E-state index contributed by atoms with van der Waals surface area (Å²) in [7, 11) is -0.295. The average molecular weight is 396 g/mol. The van der Waals surface area contributed by atoms with Crippen LogP contribution in [0.3, 0.4) is 0 Å². The molecule has 0 saturated carbocycles. The van der Waals surface area contributed by atoms with Crippen molar-refractivity contribution < 1.29 is 17.9 Å². The fourth-order valence-electron chi connectivity index (χ4n) is 2.43. The molecule has 0 heterocycles. The second kappa shape index (κ2) is 8.15. The Kier molecular flexibility index (Phi) is 7.26. The molecule has 136 valence electrons. The zero-order chi connectivity index (χ0) is 18.7.